The second-order valence-corrected chi connectivity index (χ2v) is 14.4. The van der Waals surface area contributed by atoms with Crippen LogP contribution in [0.15, 0.2) is 17.0 Å². The van der Waals surface area contributed by atoms with Gasteiger partial charge in [-0.3, -0.25) is 14.4 Å². The topological polar surface area (TPSA) is 99.3 Å². The van der Waals surface area contributed by atoms with Gasteiger partial charge >= 0.3 is 6.09 Å². The summed E-state index contributed by atoms with van der Waals surface area (Å²) in [5.41, 5.74) is 1.51. The number of hydrogen-bond donors (Lipinski definition) is 1. The summed E-state index contributed by atoms with van der Waals surface area (Å²) in [5.74, 6) is -0.135. The molecule has 0 aromatic heterocycles. The lowest BCUT2D eigenvalue weighted by Gasteiger charge is -2.38. The molecular weight excluding hydrogens is 540 g/mol. The number of fused-ring (bicyclic) bond motifs is 1. The van der Waals surface area contributed by atoms with E-state index in [4.69, 9.17) is 4.74 Å². The van der Waals surface area contributed by atoms with Crippen molar-refractivity contribution < 1.29 is 23.9 Å². The van der Waals surface area contributed by atoms with Gasteiger partial charge in [0, 0.05) is 60.6 Å². The zero-order chi connectivity index (χ0) is 30.3. The number of amides is 4. The summed E-state index contributed by atoms with van der Waals surface area (Å²) in [6.45, 7) is 17.3. The Morgan fingerprint density at radius 2 is 1.95 bits per heavy atom. The monoisotopic (exact) mass is 586 g/mol. The highest BCUT2D eigenvalue weighted by atomic mass is 32.2. The number of nitrogens with one attached hydrogen (secondary N) is 1. The minimum atomic E-state index is -0.554. The maximum atomic E-state index is 14.3. The van der Waals surface area contributed by atoms with Crippen LogP contribution in [0.4, 0.5) is 10.5 Å². The van der Waals surface area contributed by atoms with Crippen LogP contribution in [0.3, 0.4) is 0 Å². The van der Waals surface area contributed by atoms with Crippen molar-refractivity contribution in [2.24, 2.45) is 5.41 Å². The summed E-state index contributed by atoms with van der Waals surface area (Å²) in [6.07, 6.45) is 2.81. The predicted octanol–water partition coefficient (Wildman–Crippen LogP) is 4.99. The van der Waals surface area contributed by atoms with E-state index in [1.54, 1.807) is 16.7 Å². The second kappa shape index (κ2) is 11.9. The Morgan fingerprint density at radius 3 is 2.59 bits per heavy atom. The standard InChI is InChI=1S/C31H46N4O5S/c1-9-26(36)32-12-14-34-23-16-22(20(4)15-24(23)41-21(5)27(34)37)28(38)35(19(2)3)25-17-31(25)11-10-13-33(18-31)29(39)40-30(6,7)8/h15-16,19,21,25H,9-14,17-18H2,1-8H3,(H,32,36)/t21?,25-,31+/m0/s1. The van der Waals surface area contributed by atoms with Crippen LogP contribution < -0.4 is 10.2 Å². The molecule has 1 saturated carbocycles. The molecule has 4 rings (SSSR count). The van der Waals surface area contributed by atoms with E-state index in [-0.39, 0.29) is 46.6 Å². The highest BCUT2D eigenvalue weighted by Gasteiger charge is 2.60. The zero-order valence-electron chi connectivity index (χ0n) is 25.8. The zero-order valence-corrected chi connectivity index (χ0v) is 26.7. The average Bonchev–Trinajstić information content (AvgIpc) is 3.55. The van der Waals surface area contributed by atoms with Crippen LogP contribution in [0.1, 0.15) is 90.1 Å². The molecule has 3 atom stereocenters. The van der Waals surface area contributed by atoms with Crippen LogP contribution in [-0.4, -0.2) is 82.7 Å². The van der Waals surface area contributed by atoms with E-state index >= 15 is 0 Å². The maximum absolute atomic E-state index is 14.3. The van der Waals surface area contributed by atoms with Crippen LogP contribution in [0.5, 0.6) is 0 Å². The molecule has 4 amide bonds. The smallest absolute Gasteiger partial charge is 0.410 e. The van der Waals surface area contributed by atoms with Crippen molar-refractivity contribution in [3.05, 3.63) is 23.3 Å². The Balaban J connectivity index is 1.57. The van der Waals surface area contributed by atoms with E-state index in [1.165, 1.54) is 11.8 Å². The van der Waals surface area contributed by atoms with E-state index in [0.717, 1.165) is 35.4 Å². The van der Waals surface area contributed by atoms with Gasteiger partial charge in [-0.15, -0.1) is 11.8 Å². The summed E-state index contributed by atoms with van der Waals surface area (Å²) < 4.78 is 5.65. The molecule has 41 heavy (non-hydrogen) atoms. The van der Waals surface area contributed by atoms with Gasteiger partial charge in [-0.25, -0.2) is 4.79 Å². The maximum Gasteiger partial charge on any atom is 0.410 e. The number of anilines is 1. The fourth-order valence-corrected chi connectivity index (χ4v) is 7.27. The van der Waals surface area contributed by atoms with Gasteiger partial charge in [-0.1, -0.05) is 6.92 Å². The van der Waals surface area contributed by atoms with E-state index in [9.17, 15) is 19.2 Å². The molecule has 1 aliphatic carbocycles. The van der Waals surface area contributed by atoms with Crippen molar-refractivity contribution in [1.82, 2.24) is 15.1 Å². The van der Waals surface area contributed by atoms with Gasteiger partial charge < -0.3 is 24.8 Å². The Kier molecular flexibility index (Phi) is 9.02. The Morgan fingerprint density at radius 1 is 1.24 bits per heavy atom. The summed E-state index contributed by atoms with van der Waals surface area (Å²) in [6, 6.07) is 3.88. The van der Waals surface area contributed by atoms with E-state index in [2.05, 4.69) is 5.32 Å². The van der Waals surface area contributed by atoms with Crippen LogP contribution in [0, 0.1) is 12.3 Å². The van der Waals surface area contributed by atoms with Gasteiger partial charge in [-0.05, 0) is 85.4 Å². The molecule has 1 saturated heterocycles. The molecule has 1 aromatic rings. The first-order chi connectivity index (χ1) is 19.2. The molecule has 226 valence electrons. The number of carbonyl (C=O) groups excluding carboxylic acids is 4. The minimum absolute atomic E-state index is 0.0261. The number of rotatable bonds is 7. The molecule has 10 heteroatoms. The second-order valence-electron chi connectivity index (χ2n) is 13.0. The molecule has 1 spiro atoms. The molecule has 0 bridgehead atoms. The number of nitrogens with zero attached hydrogens (tertiary/aromatic N) is 3. The van der Waals surface area contributed by atoms with Gasteiger partial charge in [-0.2, -0.15) is 0 Å². The van der Waals surface area contributed by atoms with Gasteiger partial charge in [0.2, 0.25) is 11.8 Å². The Hall–Kier alpha value is -2.75. The van der Waals surface area contributed by atoms with Crippen molar-refractivity contribution in [1.29, 1.82) is 0 Å². The van der Waals surface area contributed by atoms with E-state index < -0.39 is 5.60 Å². The number of thioether (sulfide) groups is 1. The Labute approximate surface area is 248 Å². The first-order valence-electron chi connectivity index (χ1n) is 14.9. The fraction of sp³-hybridized carbons (Fsp3) is 0.677. The minimum Gasteiger partial charge on any atom is -0.444 e. The number of benzene rings is 1. The van der Waals surface area contributed by atoms with Gasteiger partial charge in [0.25, 0.3) is 5.91 Å². The highest BCUT2D eigenvalue weighted by Crippen LogP contribution is 2.56. The lowest BCUT2D eigenvalue weighted by atomic mass is 9.93. The highest BCUT2D eigenvalue weighted by molar-refractivity contribution is 8.01. The number of aryl methyl sites for hydroxylation is 1. The van der Waals surface area contributed by atoms with Crippen LogP contribution >= 0.6 is 11.8 Å². The number of hydrogen-bond acceptors (Lipinski definition) is 6. The number of piperidine rings is 1. The predicted molar refractivity (Wildman–Crippen MR) is 161 cm³/mol. The molecule has 1 N–H and O–H groups in total. The summed E-state index contributed by atoms with van der Waals surface area (Å²) in [7, 11) is 0. The lowest BCUT2D eigenvalue weighted by molar-refractivity contribution is -0.121. The largest absolute Gasteiger partial charge is 0.444 e. The molecule has 1 aromatic carbocycles. The normalized spacial score (nSPS) is 23.9. The number of ether oxygens (including phenoxy) is 1. The third kappa shape index (κ3) is 6.68. The first-order valence-corrected chi connectivity index (χ1v) is 15.8. The first kappa shape index (κ1) is 31.2. The molecule has 0 radical (unpaired) electrons. The number of carbonyl (C=O) groups is 4. The van der Waals surface area contributed by atoms with Crippen molar-refractivity contribution in [2.75, 3.05) is 31.1 Å². The van der Waals surface area contributed by atoms with Crippen molar-refractivity contribution in [2.45, 2.75) is 109 Å². The molecule has 3 aliphatic rings. The van der Waals surface area contributed by atoms with Crippen molar-refractivity contribution in [3.8, 4) is 0 Å². The van der Waals surface area contributed by atoms with E-state index in [0.29, 0.717) is 38.2 Å². The molecule has 1 unspecified atom stereocenters. The quantitative estimate of drug-likeness (QED) is 0.484. The average molecular weight is 587 g/mol. The summed E-state index contributed by atoms with van der Waals surface area (Å²) in [4.78, 5) is 58.5. The van der Waals surface area contributed by atoms with Crippen LogP contribution in [0.2, 0.25) is 0 Å². The van der Waals surface area contributed by atoms with E-state index in [1.807, 2.05) is 65.5 Å². The van der Waals surface area contributed by atoms with Crippen LogP contribution in [-0.2, 0) is 14.3 Å². The molecule has 2 aliphatic heterocycles. The third-order valence-corrected chi connectivity index (χ3v) is 9.39. The van der Waals surface area contributed by atoms with Crippen LogP contribution in [0.25, 0.3) is 0 Å². The molecule has 9 nitrogen and oxygen atoms in total. The SMILES string of the molecule is CCC(=O)NCCN1C(=O)C(C)Sc2cc(C)c(C(=O)N(C(C)C)[C@H]3C[C@@]34CCCN(C(=O)OC(C)(C)C)C4)cc21. The lowest BCUT2D eigenvalue weighted by Crippen LogP contribution is -2.48. The molecule has 2 heterocycles. The Bertz CT molecular complexity index is 1210. The fourth-order valence-electron chi connectivity index (χ4n) is 6.12. The van der Waals surface area contributed by atoms with Crippen molar-refractivity contribution in [3.63, 3.8) is 0 Å². The third-order valence-electron chi connectivity index (χ3n) is 8.26. The van der Waals surface area contributed by atoms with Gasteiger partial charge in [0.1, 0.15) is 5.60 Å². The molecular formula is C31H46N4O5S. The number of likely N-dealkylation sites (tertiary alicyclic amines) is 1. The van der Waals surface area contributed by atoms with Gasteiger partial charge in [0.15, 0.2) is 0 Å². The van der Waals surface area contributed by atoms with Crippen molar-refractivity contribution >= 4 is 41.3 Å². The van der Waals surface area contributed by atoms with Gasteiger partial charge in [0.05, 0.1) is 10.9 Å². The summed E-state index contributed by atoms with van der Waals surface area (Å²) in [5, 5.41) is 2.61. The molecule has 2 fully saturated rings. The summed E-state index contributed by atoms with van der Waals surface area (Å²) >= 11 is 1.51.